The molecule has 1 spiro atoms. The van der Waals surface area contributed by atoms with Gasteiger partial charge in [-0.2, -0.15) is 0 Å². The Kier molecular flexibility index (Phi) is 5.61. The molecule has 2 atom stereocenters. The predicted molar refractivity (Wildman–Crippen MR) is 93.8 cm³/mol. The zero-order valence-electron chi connectivity index (χ0n) is 14.8. The van der Waals surface area contributed by atoms with Gasteiger partial charge >= 0.3 is 12.1 Å². The van der Waals surface area contributed by atoms with E-state index in [1.807, 2.05) is 30.3 Å². The van der Waals surface area contributed by atoms with Gasteiger partial charge in [-0.15, -0.1) is 0 Å². The molecule has 0 aromatic heterocycles. The third kappa shape index (κ3) is 4.74. The second-order valence-electron chi connectivity index (χ2n) is 7.29. The number of nitrogens with one attached hydrogen (secondary N) is 1. The highest BCUT2D eigenvalue weighted by Crippen LogP contribution is 2.58. The Hall–Kier alpha value is -2.04. The number of esters is 1. The zero-order chi connectivity index (χ0) is 17.7. The van der Waals surface area contributed by atoms with Gasteiger partial charge in [-0.3, -0.25) is 0 Å². The maximum absolute atomic E-state index is 12.4. The van der Waals surface area contributed by atoms with Crippen molar-refractivity contribution in [1.82, 2.24) is 5.32 Å². The first-order valence-corrected chi connectivity index (χ1v) is 9.26. The molecule has 5 nitrogen and oxygen atoms in total. The van der Waals surface area contributed by atoms with Crippen molar-refractivity contribution in [3.63, 3.8) is 0 Å². The number of benzene rings is 1. The summed E-state index contributed by atoms with van der Waals surface area (Å²) >= 11 is 0. The molecule has 0 radical (unpaired) electrons. The lowest BCUT2D eigenvalue weighted by Gasteiger charge is -2.33. The van der Waals surface area contributed by atoms with E-state index in [1.165, 1.54) is 19.3 Å². The molecule has 0 saturated heterocycles. The highest BCUT2D eigenvalue weighted by atomic mass is 16.6. The van der Waals surface area contributed by atoms with Crippen molar-refractivity contribution < 1.29 is 19.1 Å². The Bertz CT molecular complexity index is 597. The van der Waals surface area contributed by atoms with Crippen LogP contribution in [-0.2, 0) is 20.9 Å². The summed E-state index contributed by atoms with van der Waals surface area (Å²) in [4.78, 5) is 24.6. The highest BCUT2D eigenvalue weighted by molar-refractivity contribution is 5.81. The topological polar surface area (TPSA) is 64.6 Å². The van der Waals surface area contributed by atoms with Crippen LogP contribution in [0.4, 0.5) is 4.79 Å². The third-order valence-electron chi connectivity index (χ3n) is 5.43. The van der Waals surface area contributed by atoms with Crippen LogP contribution in [0.1, 0.15) is 51.0 Å². The van der Waals surface area contributed by atoms with Crippen molar-refractivity contribution >= 4 is 12.1 Å². The summed E-state index contributed by atoms with van der Waals surface area (Å²) in [6, 6.07) is 8.89. The minimum atomic E-state index is -0.610. The van der Waals surface area contributed by atoms with E-state index in [4.69, 9.17) is 9.47 Å². The lowest BCUT2D eigenvalue weighted by molar-refractivity contribution is -0.147. The number of hydrogen-bond acceptors (Lipinski definition) is 4. The van der Waals surface area contributed by atoms with E-state index in [2.05, 4.69) is 5.32 Å². The Balaban J connectivity index is 1.58. The third-order valence-corrected chi connectivity index (χ3v) is 5.43. The zero-order valence-corrected chi connectivity index (χ0v) is 14.8. The number of carbonyl (C=O) groups excluding carboxylic acids is 2. The molecule has 0 bridgehead atoms. The second kappa shape index (κ2) is 7.89. The molecule has 5 heteroatoms. The molecule has 1 aromatic rings. The number of carbonyl (C=O) groups is 2. The number of rotatable bonds is 6. The molecular formula is C20H27NO4. The minimum Gasteiger partial charge on any atom is -0.464 e. The van der Waals surface area contributed by atoms with Crippen LogP contribution in [0.5, 0.6) is 0 Å². The largest absolute Gasteiger partial charge is 0.464 e. The molecule has 1 aromatic carbocycles. The van der Waals surface area contributed by atoms with E-state index in [0.29, 0.717) is 12.0 Å². The summed E-state index contributed by atoms with van der Waals surface area (Å²) in [5.41, 5.74) is 1.34. The Morgan fingerprint density at radius 1 is 1.20 bits per heavy atom. The summed E-state index contributed by atoms with van der Waals surface area (Å²) in [5.74, 6) is -0.207. The van der Waals surface area contributed by atoms with Crippen molar-refractivity contribution in [3.05, 3.63) is 35.9 Å². The molecule has 0 aliphatic heterocycles. The maximum atomic E-state index is 12.4. The lowest BCUT2D eigenvalue weighted by Crippen LogP contribution is -2.48. The van der Waals surface area contributed by atoms with Gasteiger partial charge in [0.05, 0.1) is 6.61 Å². The normalized spacial score (nSPS) is 22.0. The molecule has 3 rings (SSSR count). The fraction of sp³-hybridized carbons (Fsp3) is 0.600. The molecular weight excluding hydrogens is 318 g/mol. The Labute approximate surface area is 149 Å². The van der Waals surface area contributed by atoms with Crippen molar-refractivity contribution in [2.24, 2.45) is 11.3 Å². The monoisotopic (exact) mass is 345 g/mol. The lowest BCUT2D eigenvalue weighted by atomic mass is 9.75. The first kappa shape index (κ1) is 17.8. The highest BCUT2D eigenvalue weighted by Gasteiger charge is 2.48. The van der Waals surface area contributed by atoms with E-state index < -0.39 is 12.1 Å². The van der Waals surface area contributed by atoms with E-state index in [-0.39, 0.29) is 18.5 Å². The molecule has 136 valence electrons. The Morgan fingerprint density at radius 2 is 1.96 bits per heavy atom. The van der Waals surface area contributed by atoms with Crippen LogP contribution in [0, 0.1) is 11.3 Å². The summed E-state index contributed by atoms with van der Waals surface area (Å²) < 4.78 is 10.5. The molecule has 2 saturated carbocycles. The van der Waals surface area contributed by atoms with E-state index in [9.17, 15) is 9.59 Å². The van der Waals surface area contributed by atoms with Gasteiger partial charge in [-0.05, 0) is 55.9 Å². The molecule has 2 unspecified atom stereocenters. The predicted octanol–water partition coefficient (Wildman–Crippen LogP) is 3.81. The second-order valence-corrected chi connectivity index (χ2v) is 7.29. The van der Waals surface area contributed by atoms with Gasteiger partial charge in [0.1, 0.15) is 12.6 Å². The van der Waals surface area contributed by atoms with Gasteiger partial charge in [-0.1, -0.05) is 36.8 Å². The van der Waals surface area contributed by atoms with Gasteiger partial charge in [0, 0.05) is 0 Å². The summed E-state index contributed by atoms with van der Waals surface area (Å²) in [6.45, 7) is 2.29. The number of alkyl carbamates (subject to hydrolysis) is 1. The van der Waals surface area contributed by atoms with Crippen LogP contribution in [-0.4, -0.2) is 24.7 Å². The summed E-state index contributed by atoms with van der Waals surface area (Å²) in [6.07, 6.45) is 6.24. The molecule has 25 heavy (non-hydrogen) atoms. The number of ether oxygens (including phenoxy) is 2. The van der Waals surface area contributed by atoms with Crippen molar-refractivity contribution in [3.8, 4) is 0 Å². The van der Waals surface area contributed by atoms with Crippen LogP contribution in [0.2, 0.25) is 0 Å². The maximum Gasteiger partial charge on any atom is 0.408 e. The van der Waals surface area contributed by atoms with E-state index in [0.717, 1.165) is 24.8 Å². The van der Waals surface area contributed by atoms with Gasteiger partial charge < -0.3 is 14.8 Å². The average molecular weight is 345 g/mol. The summed E-state index contributed by atoms with van der Waals surface area (Å²) in [7, 11) is 0. The van der Waals surface area contributed by atoms with Crippen LogP contribution in [0.15, 0.2) is 30.3 Å². The number of hydrogen-bond donors (Lipinski definition) is 1. The fourth-order valence-electron chi connectivity index (χ4n) is 3.91. The Morgan fingerprint density at radius 3 is 2.64 bits per heavy atom. The van der Waals surface area contributed by atoms with Crippen molar-refractivity contribution in [2.75, 3.05) is 6.61 Å². The molecule has 0 heterocycles. The number of amides is 1. The van der Waals surface area contributed by atoms with Crippen LogP contribution >= 0.6 is 0 Å². The molecule has 1 amide bonds. The van der Waals surface area contributed by atoms with Gasteiger partial charge in [-0.25, -0.2) is 9.59 Å². The SMILES string of the molecule is CCOC(=O)C(NC(=O)OCc1ccccc1)C1CCCC2(CC2)C1. The molecule has 2 fully saturated rings. The van der Waals surface area contributed by atoms with Gasteiger partial charge in [0.15, 0.2) is 0 Å². The molecule has 2 aliphatic carbocycles. The first-order valence-electron chi connectivity index (χ1n) is 9.26. The van der Waals surface area contributed by atoms with E-state index >= 15 is 0 Å². The van der Waals surface area contributed by atoms with Gasteiger partial charge in [0.25, 0.3) is 0 Å². The molecule has 2 aliphatic rings. The smallest absolute Gasteiger partial charge is 0.408 e. The standard InChI is InChI=1S/C20H27NO4/c1-2-24-18(22)17(16-9-6-10-20(13-16)11-12-20)21-19(23)25-14-15-7-4-3-5-8-15/h3-5,7-8,16-17H,2,6,9-14H2,1H3,(H,21,23). The average Bonchev–Trinajstić information content (AvgIpc) is 3.37. The van der Waals surface area contributed by atoms with Gasteiger partial charge in [0.2, 0.25) is 0 Å². The minimum absolute atomic E-state index is 0.138. The molecule has 1 N–H and O–H groups in total. The summed E-state index contributed by atoms with van der Waals surface area (Å²) in [5, 5.41) is 2.77. The van der Waals surface area contributed by atoms with Crippen LogP contribution in [0.3, 0.4) is 0 Å². The van der Waals surface area contributed by atoms with Crippen molar-refractivity contribution in [2.45, 2.75) is 58.1 Å². The van der Waals surface area contributed by atoms with Crippen LogP contribution < -0.4 is 5.32 Å². The van der Waals surface area contributed by atoms with Crippen molar-refractivity contribution in [1.29, 1.82) is 0 Å². The van der Waals surface area contributed by atoms with E-state index in [1.54, 1.807) is 6.92 Å². The quantitative estimate of drug-likeness (QED) is 0.796. The first-order chi connectivity index (χ1) is 12.1. The van der Waals surface area contributed by atoms with Crippen LogP contribution in [0.25, 0.3) is 0 Å². The fourth-order valence-corrected chi connectivity index (χ4v) is 3.91.